The molecule has 3 aromatic rings. The minimum atomic E-state index is -0.154. The summed E-state index contributed by atoms with van der Waals surface area (Å²) < 4.78 is 7.55. The summed E-state index contributed by atoms with van der Waals surface area (Å²) in [7, 11) is 1.76. The molecule has 0 aliphatic heterocycles. The third-order valence-electron chi connectivity index (χ3n) is 3.84. The van der Waals surface area contributed by atoms with Crippen LogP contribution in [0.4, 0.5) is 0 Å². The molecule has 3 rings (SSSR count). The van der Waals surface area contributed by atoms with Crippen LogP contribution >= 0.6 is 0 Å². The van der Waals surface area contributed by atoms with Crippen molar-refractivity contribution in [1.29, 1.82) is 0 Å². The Balaban J connectivity index is 1.71. The van der Waals surface area contributed by atoms with Gasteiger partial charge in [-0.15, -0.1) is 0 Å². The molecule has 0 saturated heterocycles. The standard InChI is InChI=1S/C17H18N4O2/c1-13(14-4-3-7-18-10-14)20(2)17(22)16-6-5-15(23-16)11-21-9-8-19-12-21/h3-10,12-13H,11H2,1-2H3/t13-/m1/s1. The van der Waals surface area contributed by atoms with Crippen LogP contribution in [0, 0.1) is 0 Å². The number of nitrogens with zero attached hydrogens (tertiary/aromatic N) is 4. The summed E-state index contributed by atoms with van der Waals surface area (Å²) in [5, 5.41) is 0. The molecule has 0 aromatic carbocycles. The van der Waals surface area contributed by atoms with Gasteiger partial charge in [-0.1, -0.05) is 6.07 Å². The van der Waals surface area contributed by atoms with E-state index in [0.717, 1.165) is 5.56 Å². The molecule has 6 nitrogen and oxygen atoms in total. The van der Waals surface area contributed by atoms with Crippen LogP contribution < -0.4 is 0 Å². The molecule has 1 atom stereocenters. The van der Waals surface area contributed by atoms with E-state index >= 15 is 0 Å². The van der Waals surface area contributed by atoms with Crippen LogP contribution in [-0.2, 0) is 6.54 Å². The Bertz CT molecular complexity index is 765. The lowest BCUT2D eigenvalue weighted by Crippen LogP contribution is -2.29. The van der Waals surface area contributed by atoms with Gasteiger partial charge in [0.05, 0.1) is 18.9 Å². The largest absolute Gasteiger partial charge is 0.454 e. The first-order valence-electron chi connectivity index (χ1n) is 7.36. The second-order valence-corrected chi connectivity index (χ2v) is 5.38. The Morgan fingerprint density at radius 3 is 2.87 bits per heavy atom. The minimum Gasteiger partial charge on any atom is -0.454 e. The fourth-order valence-electron chi connectivity index (χ4n) is 2.33. The molecular weight excluding hydrogens is 292 g/mol. The number of carbonyl (C=O) groups excluding carboxylic acids is 1. The molecule has 0 N–H and O–H groups in total. The van der Waals surface area contributed by atoms with Gasteiger partial charge in [0.15, 0.2) is 5.76 Å². The third-order valence-corrected chi connectivity index (χ3v) is 3.84. The van der Waals surface area contributed by atoms with Crippen LogP contribution in [0.5, 0.6) is 0 Å². The molecule has 0 bridgehead atoms. The predicted molar refractivity (Wildman–Crippen MR) is 84.8 cm³/mol. The number of pyridine rings is 1. The molecule has 3 heterocycles. The Morgan fingerprint density at radius 1 is 1.30 bits per heavy atom. The van der Waals surface area contributed by atoms with E-state index in [1.807, 2.05) is 35.9 Å². The van der Waals surface area contributed by atoms with Crippen LogP contribution in [0.25, 0.3) is 0 Å². The fourth-order valence-corrected chi connectivity index (χ4v) is 2.33. The number of aromatic nitrogens is 3. The summed E-state index contributed by atoms with van der Waals surface area (Å²) in [6.45, 7) is 2.51. The normalized spacial score (nSPS) is 12.1. The molecule has 118 valence electrons. The highest BCUT2D eigenvalue weighted by Crippen LogP contribution is 2.21. The SMILES string of the molecule is C[C@H](c1cccnc1)N(C)C(=O)c1ccc(Cn2ccnc2)o1. The zero-order chi connectivity index (χ0) is 16.2. The fraction of sp³-hybridized carbons (Fsp3) is 0.235. The van der Waals surface area contributed by atoms with E-state index in [0.29, 0.717) is 18.1 Å². The van der Waals surface area contributed by atoms with Gasteiger partial charge in [0, 0.05) is 31.8 Å². The second kappa shape index (κ2) is 6.48. The van der Waals surface area contributed by atoms with Crippen molar-refractivity contribution in [3.63, 3.8) is 0 Å². The average molecular weight is 310 g/mol. The Morgan fingerprint density at radius 2 is 2.17 bits per heavy atom. The van der Waals surface area contributed by atoms with E-state index in [2.05, 4.69) is 9.97 Å². The van der Waals surface area contributed by atoms with Crippen molar-refractivity contribution in [2.24, 2.45) is 0 Å². The van der Waals surface area contributed by atoms with E-state index in [4.69, 9.17) is 4.42 Å². The lowest BCUT2D eigenvalue weighted by atomic mass is 10.1. The zero-order valence-electron chi connectivity index (χ0n) is 13.1. The molecular formula is C17H18N4O2. The van der Waals surface area contributed by atoms with Gasteiger partial charge < -0.3 is 13.9 Å². The van der Waals surface area contributed by atoms with Gasteiger partial charge in [0.25, 0.3) is 5.91 Å². The van der Waals surface area contributed by atoms with Crippen molar-refractivity contribution < 1.29 is 9.21 Å². The van der Waals surface area contributed by atoms with E-state index in [-0.39, 0.29) is 11.9 Å². The van der Waals surface area contributed by atoms with Crippen molar-refractivity contribution in [2.75, 3.05) is 7.05 Å². The maximum absolute atomic E-state index is 12.6. The third kappa shape index (κ3) is 3.31. The van der Waals surface area contributed by atoms with Gasteiger partial charge >= 0.3 is 0 Å². The van der Waals surface area contributed by atoms with E-state index < -0.39 is 0 Å². The molecule has 23 heavy (non-hydrogen) atoms. The van der Waals surface area contributed by atoms with Gasteiger partial charge in [-0.3, -0.25) is 9.78 Å². The summed E-state index contributed by atoms with van der Waals surface area (Å²) in [5.41, 5.74) is 0.980. The highest BCUT2D eigenvalue weighted by atomic mass is 16.4. The molecule has 0 fully saturated rings. The molecule has 1 amide bonds. The molecule has 6 heteroatoms. The summed E-state index contributed by atoms with van der Waals surface area (Å²) in [4.78, 5) is 22.3. The van der Waals surface area contributed by atoms with E-state index in [1.54, 1.807) is 42.9 Å². The highest BCUT2D eigenvalue weighted by Gasteiger charge is 2.21. The topological polar surface area (TPSA) is 64.2 Å². The molecule has 0 unspecified atom stereocenters. The minimum absolute atomic E-state index is 0.0848. The molecule has 0 saturated carbocycles. The molecule has 0 aliphatic rings. The van der Waals surface area contributed by atoms with Gasteiger partial charge in [-0.05, 0) is 30.7 Å². The van der Waals surface area contributed by atoms with Crippen LogP contribution in [0.2, 0.25) is 0 Å². The average Bonchev–Trinajstić information content (AvgIpc) is 3.26. The number of rotatable bonds is 5. The Kier molecular flexibility index (Phi) is 4.23. The second-order valence-electron chi connectivity index (χ2n) is 5.38. The Labute approximate surface area is 134 Å². The van der Waals surface area contributed by atoms with Crippen molar-refractivity contribution in [2.45, 2.75) is 19.5 Å². The van der Waals surface area contributed by atoms with Crippen LogP contribution in [0.1, 0.15) is 34.8 Å². The monoisotopic (exact) mass is 310 g/mol. The first-order valence-corrected chi connectivity index (χ1v) is 7.36. The van der Waals surface area contributed by atoms with Gasteiger partial charge in [-0.2, -0.15) is 0 Å². The van der Waals surface area contributed by atoms with Crippen LogP contribution in [0.15, 0.2) is 59.8 Å². The summed E-state index contributed by atoms with van der Waals surface area (Å²) in [5.74, 6) is 0.894. The number of hydrogen-bond acceptors (Lipinski definition) is 4. The van der Waals surface area contributed by atoms with Crippen molar-refractivity contribution in [1.82, 2.24) is 19.4 Å². The van der Waals surface area contributed by atoms with Gasteiger partial charge in [-0.25, -0.2) is 4.98 Å². The van der Waals surface area contributed by atoms with Crippen LogP contribution in [0.3, 0.4) is 0 Å². The van der Waals surface area contributed by atoms with Gasteiger partial charge in [0.2, 0.25) is 0 Å². The number of furan rings is 1. The first-order chi connectivity index (χ1) is 11.1. The number of amides is 1. The zero-order valence-corrected chi connectivity index (χ0v) is 13.1. The molecule has 0 aliphatic carbocycles. The molecule has 0 spiro atoms. The summed E-state index contributed by atoms with van der Waals surface area (Å²) >= 11 is 0. The summed E-state index contributed by atoms with van der Waals surface area (Å²) in [6, 6.07) is 7.25. The quantitative estimate of drug-likeness (QED) is 0.727. The number of hydrogen-bond donors (Lipinski definition) is 0. The maximum Gasteiger partial charge on any atom is 0.289 e. The summed E-state index contributed by atoms with van der Waals surface area (Å²) in [6.07, 6.45) is 8.74. The molecule has 0 radical (unpaired) electrons. The first kappa shape index (κ1) is 15.0. The highest BCUT2D eigenvalue weighted by molar-refractivity contribution is 5.91. The lowest BCUT2D eigenvalue weighted by Gasteiger charge is -2.24. The molecule has 3 aromatic heterocycles. The number of carbonyl (C=O) groups is 1. The lowest BCUT2D eigenvalue weighted by molar-refractivity contribution is 0.0708. The van der Waals surface area contributed by atoms with E-state index in [1.165, 1.54) is 0 Å². The van der Waals surface area contributed by atoms with Crippen molar-refractivity contribution in [3.8, 4) is 0 Å². The van der Waals surface area contributed by atoms with Gasteiger partial charge in [0.1, 0.15) is 5.76 Å². The van der Waals surface area contributed by atoms with Crippen molar-refractivity contribution >= 4 is 5.91 Å². The predicted octanol–water partition coefficient (Wildman–Crippen LogP) is 2.75. The van der Waals surface area contributed by atoms with Crippen LogP contribution in [-0.4, -0.2) is 32.4 Å². The Hall–Kier alpha value is -2.89. The maximum atomic E-state index is 12.6. The smallest absolute Gasteiger partial charge is 0.289 e. The van der Waals surface area contributed by atoms with Crippen molar-refractivity contribution in [3.05, 3.63) is 72.5 Å². The van der Waals surface area contributed by atoms with E-state index in [9.17, 15) is 4.79 Å². The number of imidazole rings is 1.